The third kappa shape index (κ3) is 3.35. The summed E-state index contributed by atoms with van der Waals surface area (Å²) in [6, 6.07) is 17.2. The van der Waals surface area contributed by atoms with Crippen LogP contribution in [0.2, 0.25) is 0 Å². The van der Waals surface area contributed by atoms with Gasteiger partial charge in [0.25, 0.3) is 5.56 Å². The summed E-state index contributed by atoms with van der Waals surface area (Å²) < 4.78 is 3.55. The van der Waals surface area contributed by atoms with Crippen LogP contribution >= 0.6 is 0 Å². The maximum absolute atomic E-state index is 13.1. The summed E-state index contributed by atoms with van der Waals surface area (Å²) in [6.07, 6.45) is 5.44. The highest BCUT2D eigenvalue weighted by molar-refractivity contribution is 6.04. The van der Waals surface area contributed by atoms with Gasteiger partial charge in [-0.2, -0.15) is 5.10 Å². The molecular formula is C24H22N6O. The van der Waals surface area contributed by atoms with Gasteiger partial charge >= 0.3 is 0 Å². The number of nitrogens with one attached hydrogen (secondary N) is 1. The standard InChI is InChI=1S/C24H22N6O/c1-16-3-5-19(14-22(16)26-11-9-25)30-23(31)8-4-17-15-27-21-7-6-18(13-20(21)24(17)30)29-12-2-10-28-29/h2-8,10,12-15,26H,9,11,25H2,1H3. The molecule has 5 rings (SSSR count). The van der Waals surface area contributed by atoms with Crippen LogP contribution in [0.1, 0.15) is 5.56 Å². The number of pyridine rings is 2. The van der Waals surface area contributed by atoms with E-state index in [1.807, 2.05) is 67.8 Å². The summed E-state index contributed by atoms with van der Waals surface area (Å²) in [5.74, 6) is 0. The molecule has 3 aromatic heterocycles. The second-order valence-corrected chi connectivity index (χ2v) is 7.44. The lowest BCUT2D eigenvalue weighted by Gasteiger charge is -2.16. The molecule has 0 aliphatic heterocycles. The van der Waals surface area contributed by atoms with Crippen LogP contribution in [0.5, 0.6) is 0 Å². The number of anilines is 1. The zero-order valence-electron chi connectivity index (χ0n) is 17.1. The normalized spacial score (nSPS) is 11.3. The molecule has 154 valence electrons. The minimum Gasteiger partial charge on any atom is -0.384 e. The van der Waals surface area contributed by atoms with Crippen LogP contribution in [0.3, 0.4) is 0 Å². The first-order chi connectivity index (χ1) is 15.2. The minimum atomic E-state index is -0.0990. The molecule has 2 aromatic carbocycles. The number of nitrogens with two attached hydrogens (primary N) is 1. The maximum atomic E-state index is 13.1. The first kappa shape index (κ1) is 19.0. The van der Waals surface area contributed by atoms with Crippen molar-refractivity contribution in [1.29, 1.82) is 0 Å². The number of benzene rings is 2. The Labute approximate surface area is 178 Å². The quantitative estimate of drug-likeness (QED) is 0.434. The topological polar surface area (TPSA) is 90.8 Å². The number of nitrogens with zero attached hydrogens (tertiary/aromatic N) is 4. The molecule has 0 fully saturated rings. The molecule has 0 saturated heterocycles. The second kappa shape index (κ2) is 7.70. The molecule has 3 heterocycles. The molecule has 3 N–H and O–H groups in total. The first-order valence-corrected chi connectivity index (χ1v) is 10.2. The molecule has 0 unspecified atom stereocenters. The van der Waals surface area contributed by atoms with E-state index in [2.05, 4.69) is 15.4 Å². The molecule has 7 nitrogen and oxygen atoms in total. The highest BCUT2D eigenvalue weighted by Gasteiger charge is 2.12. The molecule has 0 spiro atoms. The molecule has 0 atom stereocenters. The van der Waals surface area contributed by atoms with E-state index in [0.29, 0.717) is 13.1 Å². The van der Waals surface area contributed by atoms with Gasteiger partial charge in [0.2, 0.25) is 0 Å². The van der Waals surface area contributed by atoms with Gasteiger partial charge in [-0.15, -0.1) is 0 Å². The third-order valence-electron chi connectivity index (χ3n) is 5.41. The van der Waals surface area contributed by atoms with Crippen molar-refractivity contribution in [3.05, 3.63) is 89.1 Å². The molecule has 7 heteroatoms. The Bertz CT molecular complexity index is 1450. The SMILES string of the molecule is Cc1ccc(-n2c(=O)ccc3cnc4ccc(-n5cccn5)cc4c32)cc1NCCN. The third-order valence-corrected chi connectivity index (χ3v) is 5.41. The van der Waals surface area contributed by atoms with Gasteiger partial charge in [-0.05, 0) is 55.0 Å². The lowest BCUT2D eigenvalue weighted by molar-refractivity contribution is 0.882. The molecule has 0 aliphatic rings. The summed E-state index contributed by atoms with van der Waals surface area (Å²) in [5, 5.41) is 9.45. The van der Waals surface area contributed by atoms with Crippen molar-refractivity contribution in [3.8, 4) is 11.4 Å². The Morgan fingerprint density at radius 1 is 1.06 bits per heavy atom. The van der Waals surface area contributed by atoms with Crippen molar-refractivity contribution in [3.63, 3.8) is 0 Å². The first-order valence-electron chi connectivity index (χ1n) is 10.2. The Hall–Kier alpha value is -3.97. The number of hydrogen-bond donors (Lipinski definition) is 2. The largest absolute Gasteiger partial charge is 0.384 e. The molecule has 0 aliphatic carbocycles. The van der Waals surface area contributed by atoms with Gasteiger partial charge < -0.3 is 11.1 Å². The fraction of sp³-hybridized carbons (Fsp3) is 0.125. The molecule has 0 saturated carbocycles. The van der Waals surface area contributed by atoms with Gasteiger partial charge in [-0.1, -0.05) is 6.07 Å². The Morgan fingerprint density at radius 2 is 1.94 bits per heavy atom. The van der Waals surface area contributed by atoms with Crippen LogP contribution in [-0.2, 0) is 0 Å². The van der Waals surface area contributed by atoms with E-state index < -0.39 is 0 Å². The number of rotatable bonds is 5. The van der Waals surface area contributed by atoms with Crippen LogP contribution in [0.4, 0.5) is 5.69 Å². The van der Waals surface area contributed by atoms with Crippen molar-refractivity contribution >= 4 is 27.5 Å². The minimum absolute atomic E-state index is 0.0990. The van der Waals surface area contributed by atoms with Crippen LogP contribution in [-0.4, -0.2) is 32.4 Å². The van der Waals surface area contributed by atoms with E-state index in [1.54, 1.807) is 21.5 Å². The van der Waals surface area contributed by atoms with E-state index in [-0.39, 0.29) is 5.56 Å². The van der Waals surface area contributed by atoms with Crippen LogP contribution < -0.4 is 16.6 Å². The van der Waals surface area contributed by atoms with E-state index in [1.165, 1.54) is 0 Å². The van der Waals surface area contributed by atoms with E-state index in [0.717, 1.165) is 44.4 Å². The predicted molar refractivity (Wildman–Crippen MR) is 124 cm³/mol. The molecule has 31 heavy (non-hydrogen) atoms. The smallest absolute Gasteiger partial charge is 0.255 e. The fourth-order valence-electron chi connectivity index (χ4n) is 3.87. The second-order valence-electron chi connectivity index (χ2n) is 7.44. The predicted octanol–water partition coefficient (Wildman–Crippen LogP) is 3.40. The van der Waals surface area contributed by atoms with Crippen LogP contribution in [0.25, 0.3) is 33.2 Å². The maximum Gasteiger partial charge on any atom is 0.255 e. The van der Waals surface area contributed by atoms with E-state index in [4.69, 9.17) is 5.73 Å². The number of hydrogen-bond acceptors (Lipinski definition) is 5. The lowest BCUT2D eigenvalue weighted by Crippen LogP contribution is -2.19. The van der Waals surface area contributed by atoms with E-state index in [9.17, 15) is 4.79 Å². The van der Waals surface area contributed by atoms with Crippen molar-refractivity contribution < 1.29 is 0 Å². The number of fused-ring (bicyclic) bond motifs is 3. The van der Waals surface area contributed by atoms with Gasteiger partial charge in [0.15, 0.2) is 0 Å². The van der Waals surface area contributed by atoms with Crippen molar-refractivity contribution in [2.45, 2.75) is 6.92 Å². The Kier molecular flexibility index (Phi) is 4.72. The zero-order chi connectivity index (χ0) is 21.4. The molecular weight excluding hydrogens is 388 g/mol. The van der Waals surface area contributed by atoms with E-state index >= 15 is 0 Å². The molecule has 5 aromatic rings. The molecule has 0 bridgehead atoms. The number of aryl methyl sites for hydroxylation is 1. The summed E-state index contributed by atoms with van der Waals surface area (Å²) in [6.45, 7) is 3.23. The Morgan fingerprint density at radius 3 is 2.74 bits per heavy atom. The van der Waals surface area contributed by atoms with Gasteiger partial charge in [-0.25, -0.2) is 4.68 Å². The monoisotopic (exact) mass is 410 g/mol. The van der Waals surface area contributed by atoms with Crippen molar-refractivity contribution in [2.24, 2.45) is 5.73 Å². The molecule has 0 amide bonds. The van der Waals surface area contributed by atoms with Gasteiger partial charge in [0, 0.05) is 54.2 Å². The van der Waals surface area contributed by atoms with Crippen LogP contribution in [0.15, 0.2) is 78.0 Å². The average Bonchev–Trinajstić information content (AvgIpc) is 3.33. The fourth-order valence-corrected chi connectivity index (χ4v) is 3.87. The Balaban J connectivity index is 1.81. The summed E-state index contributed by atoms with van der Waals surface area (Å²) in [5.41, 5.74) is 10.9. The number of aromatic nitrogens is 4. The van der Waals surface area contributed by atoms with Gasteiger partial charge in [-0.3, -0.25) is 14.3 Å². The summed E-state index contributed by atoms with van der Waals surface area (Å²) >= 11 is 0. The summed E-state index contributed by atoms with van der Waals surface area (Å²) in [7, 11) is 0. The zero-order valence-corrected chi connectivity index (χ0v) is 17.1. The molecule has 0 radical (unpaired) electrons. The summed E-state index contributed by atoms with van der Waals surface area (Å²) in [4.78, 5) is 17.7. The highest BCUT2D eigenvalue weighted by atomic mass is 16.1. The highest BCUT2D eigenvalue weighted by Crippen LogP contribution is 2.28. The average molecular weight is 410 g/mol. The van der Waals surface area contributed by atoms with Crippen LogP contribution in [0, 0.1) is 6.92 Å². The van der Waals surface area contributed by atoms with Crippen molar-refractivity contribution in [1.82, 2.24) is 19.3 Å². The van der Waals surface area contributed by atoms with Gasteiger partial charge in [0.05, 0.1) is 22.4 Å². The van der Waals surface area contributed by atoms with Crippen molar-refractivity contribution in [2.75, 3.05) is 18.4 Å². The lowest BCUT2D eigenvalue weighted by atomic mass is 10.1. The van der Waals surface area contributed by atoms with Gasteiger partial charge in [0.1, 0.15) is 0 Å².